The zero-order chi connectivity index (χ0) is 17.4. The molecule has 0 aliphatic rings. The minimum absolute atomic E-state index is 0.0728. The Hall–Kier alpha value is -2.71. The van der Waals surface area contributed by atoms with Crippen LogP contribution >= 0.6 is 0 Å². The molecule has 0 unspecified atom stereocenters. The van der Waals surface area contributed by atoms with Crippen molar-refractivity contribution < 1.29 is 22.3 Å². The molecule has 0 spiro atoms. The topological polar surface area (TPSA) is 71.7 Å². The molecule has 130 valence electrons. The highest BCUT2D eigenvalue weighted by molar-refractivity contribution is 5.79. The summed E-state index contributed by atoms with van der Waals surface area (Å²) in [5.74, 6) is 1.26. The number of alkyl halides is 3. The van der Waals surface area contributed by atoms with Gasteiger partial charge in [0.1, 0.15) is 5.76 Å². The van der Waals surface area contributed by atoms with Crippen molar-refractivity contribution in [2.75, 3.05) is 13.7 Å². The van der Waals surface area contributed by atoms with E-state index >= 15 is 0 Å². The highest BCUT2D eigenvalue weighted by Crippen LogP contribution is 2.16. The molecular weight excluding hydrogens is 325 g/mol. The fourth-order valence-electron chi connectivity index (χ4n) is 1.75. The zero-order valence-corrected chi connectivity index (χ0v) is 12.9. The molecule has 0 aromatic carbocycles. The van der Waals surface area contributed by atoms with Gasteiger partial charge in [-0.2, -0.15) is 13.2 Å². The lowest BCUT2D eigenvalue weighted by Crippen LogP contribution is -2.36. The first-order valence-electron chi connectivity index (χ1n) is 7.07. The number of hydrogen-bond acceptors (Lipinski definition) is 4. The fourth-order valence-corrected chi connectivity index (χ4v) is 1.75. The number of hydrogen-bond donors (Lipinski definition) is 2. The maximum Gasteiger partial charge on any atom is 0.422 e. The average molecular weight is 342 g/mol. The maximum atomic E-state index is 12.1. The van der Waals surface area contributed by atoms with Crippen LogP contribution in [0.5, 0.6) is 5.88 Å². The highest BCUT2D eigenvalue weighted by Gasteiger charge is 2.28. The van der Waals surface area contributed by atoms with Gasteiger partial charge in [0.05, 0.1) is 12.8 Å². The summed E-state index contributed by atoms with van der Waals surface area (Å²) in [4.78, 5) is 7.89. The first-order valence-corrected chi connectivity index (χ1v) is 7.07. The van der Waals surface area contributed by atoms with E-state index in [0.29, 0.717) is 19.0 Å². The van der Waals surface area contributed by atoms with Crippen LogP contribution in [0.15, 0.2) is 46.1 Å². The molecule has 2 N–H and O–H groups in total. The van der Waals surface area contributed by atoms with Crippen LogP contribution in [0.4, 0.5) is 13.2 Å². The minimum atomic E-state index is -4.38. The highest BCUT2D eigenvalue weighted by atomic mass is 19.4. The van der Waals surface area contributed by atoms with E-state index in [-0.39, 0.29) is 5.88 Å². The van der Waals surface area contributed by atoms with Gasteiger partial charge in [0.2, 0.25) is 5.88 Å². The van der Waals surface area contributed by atoms with E-state index in [9.17, 15) is 13.2 Å². The number of ether oxygens (including phenoxy) is 1. The van der Waals surface area contributed by atoms with E-state index in [1.807, 2.05) is 6.07 Å². The monoisotopic (exact) mass is 342 g/mol. The van der Waals surface area contributed by atoms with Crippen molar-refractivity contribution >= 4 is 5.96 Å². The number of halogens is 3. The van der Waals surface area contributed by atoms with E-state index in [1.54, 1.807) is 25.4 Å². The Kier molecular flexibility index (Phi) is 6.05. The summed E-state index contributed by atoms with van der Waals surface area (Å²) in [6.45, 7) is -0.472. The molecule has 2 heterocycles. The molecular formula is C15H17F3N4O2. The molecule has 2 rings (SSSR count). The average Bonchev–Trinajstić information content (AvgIpc) is 3.07. The summed E-state index contributed by atoms with van der Waals surface area (Å²) in [6.07, 6.45) is -1.35. The van der Waals surface area contributed by atoms with Gasteiger partial charge < -0.3 is 19.8 Å². The quantitative estimate of drug-likeness (QED) is 0.623. The Morgan fingerprint density at radius 3 is 2.62 bits per heavy atom. The SMILES string of the molecule is CN=C(NCc1ccc(OCC(F)(F)F)nc1)NCc1ccco1. The van der Waals surface area contributed by atoms with Gasteiger partial charge in [-0.05, 0) is 17.7 Å². The second-order valence-electron chi connectivity index (χ2n) is 4.77. The van der Waals surface area contributed by atoms with Crippen LogP contribution in [0.1, 0.15) is 11.3 Å². The van der Waals surface area contributed by atoms with Gasteiger partial charge in [-0.1, -0.05) is 6.07 Å². The van der Waals surface area contributed by atoms with Crippen LogP contribution < -0.4 is 15.4 Å². The minimum Gasteiger partial charge on any atom is -0.468 e. The molecule has 0 aliphatic heterocycles. The summed E-state index contributed by atoms with van der Waals surface area (Å²) in [5.41, 5.74) is 0.773. The van der Waals surface area contributed by atoms with Crippen molar-refractivity contribution in [2.45, 2.75) is 19.3 Å². The lowest BCUT2D eigenvalue weighted by Gasteiger charge is -2.11. The van der Waals surface area contributed by atoms with Crippen molar-refractivity contribution in [2.24, 2.45) is 4.99 Å². The van der Waals surface area contributed by atoms with Crippen molar-refractivity contribution in [3.63, 3.8) is 0 Å². The summed E-state index contributed by atoms with van der Waals surface area (Å²) >= 11 is 0. The number of furan rings is 1. The number of nitrogens with zero attached hydrogens (tertiary/aromatic N) is 2. The molecule has 0 amide bonds. The normalized spacial score (nSPS) is 12.1. The second kappa shape index (κ2) is 8.23. The van der Waals surface area contributed by atoms with Gasteiger partial charge in [-0.3, -0.25) is 4.99 Å². The predicted octanol–water partition coefficient (Wildman–Crippen LogP) is 2.48. The van der Waals surface area contributed by atoms with Gasteiger partial charge in [-0.15, -0.1) is 0 Å². The molecule has 0 aliphatic carbocycles. The smallest absolute Gasteiger partial charge is 0.422 e. The van der Waals surface area contributed by atoms with Crippen LogP contribution in [-0.2, 0) is 13.1 Å². The Morgan fingerprint density at radius 2 is 2.04 bits per heavy atom. The van der Waals surface area contributed by atoms with Gasteiger partial charge in [0.25, 0.3) is 0 Å². The molecule has 0 radical (unpaired) electrons. The number of rotatable bonds is 6. The number of aliphatic imine (C=N–C) groups is 1. The van der Waals surface area contributed by atoms with Crippen molar-refractivity contribution in [1.82, 2.24) is 15.6 Å². The Morgan fingerprint density at radius 1 is 1.25 bits per heavy atom. The summed E-state index contributed by atoms with van der Waals surface area (Å²) < 4.78 is 45.9. The first-order chi connectivity index (χ1) is 11.5. The van der Waals surface area contributed by atoms with E-state index < -0.39 is 12.8 Å². The Balaban J connectivity index is 1.78. The molecule has 6 nitrogen and oxygen atoms in total. The Bertz CT molecular complexity index is 640. The van der Waals surface area contributed by atoms with Crippen LogP contribution in [-0.4, -0.2) is 30.8 Å². The molecule has 0 fully saturated rings. The first kappa shape index (κ1) is 17.6. The molecule has 0 bridgehead atoms. The van der Waals surface area contributed by atoms with Crippen LogP contribution in [0.2, 0.25) is 0 Å². The van der Waals surface area contributed by atoms with Gasteiger partial charge >= 0.3 is 6.18 Å². The van der Waals surface area contributed by atoms with Gasteiger partial charge in [-0.25, -0.2) is 4.98 Å². The van der Waals surface area contributed by atoms with Crippen LogP contribution in [0.3, 0.4) is 0 Å². The molecule has 0 saturated heterocycles. The number of guanidine groups is 1. The number of aromatic nitrogens is 1. The van der Waals surface area contributed by atoms with E-state index in [0.717, 1.165) is 11.3 Å². The third-order valence-corrected chi connectivity index (χ3v) is 2.88. The third-order valence-electron chi connectivity index (χ3n) is 2.88. The van der Waals surface area contributed by atoms with Crippen LogP contribution in [0, 0.1) is 0 Å². The van der Waals surface area contributed by atoms with Crippen molar-refractivity contribution in [1.29, 1.82) is 0 Å². The Labute approximate surface area is 136 Å². The lowest BCUT2D eigenvalue weighted by atomic mass is 10.3. The van der Waals surface area contributed by atoms with Crippen LogP contribution in [0.25, 0.3) is 0 Å². The zero-order valence-electron chi connectivity index (χ0n) is 12.9. The largest absolute Gasteiger partial charge is 0.468 e. The summed E-state index contributed by atoms with van der Waals surface area (Å²) in [6, 6.07) is 6.65. The van der Waals surface area contributed by atoms with Crippen molar-refractivity contribution in [3.8, 4) is 5.88 Å². The fraction of sp³-hybridized carbons (Fsp3) is 0.333. The van der Waals surface area contributed by atoms with E-state index in [4.69, 9.17) is 4.42 Å². The number of pyridine rings is 1. The molecule has 0 saturated carbocycles. The maximum absolute atomic E-state index is 12.1. The summed E-state index contributed by atoms with van der Waals surface area (Å²) in [5, 5.41) is 6.13. The molecule has 2 aromatic heterocycles. The lowest BCUT2D eigenvalue weighted by molar-refractivity contribution is -0.154. The van der Waals surface area contributed by atoms with E-state index in [2.05, 4.69) is 25.3 Å². The summed E-state index contributed by atoms with van der Waals surface area (Å²) in [7, 11) is 1.63. The van der Waals surface area contributed by atoms with Gasteiger partial charge in [0, 0.05) is 25.9 Å². The molecule has 24 heavy (non-hydrogen) atoms. The molecule has 0 atom stereocenters. The van der Waals surface area contributed by atoms with Gasteiger partial charge in [0.15, 0.2) is 12.6 Å². The third kappa shape index (κ3) is 6.19. The molecule has 9 heteroatoms. The predicted molar refractivity (Wildman–Crippen MR) is 81.5 cm³/mol. The van der Waals surface area contributed by atoms with E-state index in [1.165, 1.54) is 12.3 Å². The second-order valence-corrected chi connectivity index (χ2v) is 4.77. The van der Waals surface area contributed by atoms with Crippen molar-refractivity contribution in [3.05, 3.63) is 48.0 Å². The molecule has 2 aromatic rings. The standard InChI is InChI=1S/C15H17F3N4O2/c1-19-14(22-9-12-3-2-6-23-12)21-8-11-4-5-13(20-7-11)24-10-15(16,17)18/h2-7H,8-10H2,1H3,(H2,19,21,22). The number of nitrogens with one attached hydrogen (secondary N) is 2.